The Hall–Kier alpha value is -0.120. The van der Waals surface area contributed by atoms with Crippen molar-refractivity contribution in [2.45, 2.75) is 58.5 Å². The molecule has 1 aliphatic heterocycles. The van der Waals surface area contributed by atoms with Crippen LogP contribution >= 0.6 is 0 Å². The van der Waals surface area contributed by atoms with E-state index in [1.165, 1.54) is 45.3 Å². The number of nitrogens with zero attached hydrogens (tertiary/aromatic N) is 2. The molecule has 0 saturated carbocycles. The Balaban J connectivity index is 2.51. The van der Waals surface area contributed by atoms with Gasteiger partial charge in [-0.15, -0.1) is 0 Å². The second-order valence-electron chi connectivity index (χ2n) is 6.50. The van der Waals surface area contributed by atoms with Crippen LogP contribution in [0.25, 0.3) is 0 Å². The molecule has 3 heteroatoms. The Bertz CT molecular complexity index is 230. The number of rotatable bonds is 9. The van der Waals surface area contributed by atoms with E-state index in [1.807, 2.05) is 0 Å². The quantitative estimate of drug-likeness (QED) is 0.693. The van der Waals surface area contributed by atoms with Gasteiger partial charge < -0.3 is 10.2 Å². The summed E-state index contributed by atoms with van der Waals surface area (Å²) in [4.78, 5) is 5.06. The fraction of sp³-hybridized carbons (Fsp3) is 1.00. The lowest BCUT2D eigenvalue weighted by Crippen LogP contribution is -2.48. The molecular weight excluding hydrogens is 234 g/mol. The molecule has 0 radical (unpaired) electrons. The zero-order valence-corrected chi connectivity index (χ0v) is 13.8. The van der Waals surface area contributed by atoms with Crippen LogP contribution in [0.5, 0.6) is 0 Å². The van der Waals surface area contributed by atoms with Crippen molar-refractivity contribution in [3.05, 3.63) is 0 Å². The molecule has 1 N–H and O–H groups in total. The summed E-state index contributed by atoms with van der Waals surface area (Å²) >= 11 is 0. The molecule has 0 amide bonds. The lowest BCUT2D eigenvalue weighted by atomic mass is 9.98. The molecule has 0 aliphatic carbocycles. The third-order valence-corrected chi connectivity index (χ3v) is 4.49. The van der Waals surface area contributed by atoms with E-state index in [-0.39, 0.29) is 0 Å². The SMILES string of the molecule is CCCNC(CN1CCCC1CN(C)C)C(C)CC. The Kier molecular flexibility index (Phi) is 7.96. The lowest BCUT2D eigenvalue weighted by Gasteiger charge is -2.33. The standard InChI is InChI=1S/C16H35N3/c1-6-10-17-16(14(3)7-2)13-19-11-8-9-15(19)12-18(4)5/h14-17H,6-13H2,1-5H3. The van der Waals surface area contributed by atoms with Gasteiger partial charge in [0.25, 0.3) is 0 Å². The van der Waals surface area contributed by atoms with Crippen molar-refractivity contribution in [1.82, 2.24) is 15.1 Å². The van der Waals surface area contributed by atoms with Crippen LogP contribution in [0.2, 0.25) is 0 Å². The minimum absolute atomic E-state index is 0.660. The summed E-state index contributed by atoms with van der Waals surface area (Å²) in [6.45, 7) is 11.8. The van der Waals surface area contributed by atoms with Gasteiger partial charge in [0.2, 0.25) is 0 Å². The van der Waals surface area contributed by atoms with Crippen molar-refractivity contribution < 1.29 is 0 Å². The van der Waals surface area contributed by atoms with Gasteiger partial charge in [-0.3, -0.25) is 4.90 Å². The van der Waals surface area contributed by atoms with Crippen LogP contribution in [0.1, 0.15) is 46.5 Å². The smallest absolute Gasteiger partial charge is 0.0224 e. The second-order valence-corrected chi connectivity index (χ2v) is 6.50. The molecule has 0 aromatic carbocycles. The number of likely N-dealkylation sites (N-methyl/N-ethyl adjacent to an activating group) is 1. The summed E-state index contributed by atoms with van der Waals surface area (Å²) in [5, 5.41) is 3.77. The zero-order valence-electron chi connectivity index (χ0n) is 13.8. The summed E-state index contributed by atoms with van der Waals surface area (Å²) in [7, 11) is 4.38. The van der Waals surface area contributed by atoms with Crippen LogP contribution < -0.4 is 5.32 Å². The summed E-state index contributed by atoms with van der Waals surface area (Å²) in [6, 6.07) is 1.43. The summed E-state index contributed by atoms with van der Waals surface area (Å²) in [5.41, 5.74) is 0. The molecule has 1 saturated heterocycles. The maximum absolute atomic E-state index is 3.77. The van der Waals surface area contributed by atoms with Crippen LogP contribution in [0.3, 0.4) is 0 Å². The Morgan fingerprint density at radius 3 is 2.63 bits per heavy atom. The first-order valence-corrected chi connectivity index (χ1v) is 8.20. The van der Waals surface area contributed by atoms with Gasteiger partial charge >= 0.3 is 0 Å². The average Bonchev–Trinajstić information content (AvgIpc) is 2.79. The third-order valence-electron chi connectivity index (χ3n) is 4.49. The van der Waals surface area contributed by atoms with E-state index in [1.54, 1.807) is 0 Å². The summed E-state index contributed by atoms with van der Waals surface area (Å²) in [5.74, 6) is 0.771. The average molecular weight is 269 g/mol. The topological polar surface area (TPSA) is 18.5 Å². The fourth-order valence-corrected chi connectivity index (χ4v) is 3.08. The number of nitrogens with one attached hydrogen (secondary N) is 1. The summed E-state index contributed by atoms with van der Waals surface area (Å²) < 4.78 is 0. The maximum Gasteiger partial charge on any atom is 0.0224 e. The monoisotopic (exact) mass is 269 g/mol. The molecule has 0 bridgehead atoms. The number of likely N-dealkylation sites (tertiary alicyclic amines) is 1. The van der Waals surface area contributed by atoms with Gasteiger partial charge in [0.1, 0.15) is 0 Å². The molecule has 1 fully saturated rings. The van der Waals surface area contributed by atoms with Gasteiger partial charge in [-0.05, 0) is 52.4 Å². The minimum Gasteiger partial charge on any atom is -0.312 e. The molecular formula is C16H35N3. The van der Waals surface area contributed by atoms with Crippen LogP contribution in [0.4, 0.5) is 0 Å². The molecule has 0 aromatic heterocycles. The largest absolute Gasteiger partial charge is 0.312 e. The van der Waals surface area contributed by atoms with E-state index in [2.05, 4.69) is 50.0 Å². The van der Waals surface area contributed by atoms with E-state index in [9.17, 15) is 0 Å². The highest BCUT2D eigenvalue weighted by molar-refractivity contribution is 4.86. The van der Waals surface area contributed by atoms with Crippen LogP contribution in [-0.4, -0.2) is 62.2 Å². The highest BCUT2D eigenvalue weighted by Gasteiger charge is 2.28. The number of hydrogen-bond donors (Lipinski definition) is 1. The van der Waals surface area contributed by atoms with Crippen LogP contribution in [0.15, 0.2) is 0 Å². The molecule has 114 valence electrons. The lowest BCUT2D eigenvalue weighted by molar-refractivity contribution is 0.171. The minimum atomic E-state index is 0.660. The van der Waals surface area contributed by atoms with Gasteiger partial charge in [-0.1, -0.05) is 27.2 Å². The predicted octanol–water partition coefficient (Wildman–Crippen LogP) is 2.43. The van der Waals surface area contributed by atoms with Crippen LogP contribution in [0, 0.1) is 5.92 Å². The first-order valence-electron chi connectivity index (χ1n) is 8.20. The molecule has 19 heavy (non-hydrogen) atoms. The molecule has 1 aliphatic rings. The van der Waals surface area contributed by atoms with Crippen molar-refractivity contribution in [1.29, 1.82) is 0 Å². The van der Waals surface area contributed by atoms with Crippen molar-refractivity contribution in [2.75, 3.05) is 40.3 Å². The van der Waals surface area contributed by atoms with Crippen molar-refractivity contribution >= 4 is 0 Å². The first-order chi connectivity index (χ1) is 9.08. The van der Waals surface area contributed by atoms with E-state index < -0.39 is 0 Å². The van der Waals surface area contributed by atoms with E-state index in [0.717, 1.165) is 18.5 Å². The molecule has 3 atom stereocenters. The van der Waals surface area contributed by atoms with Crippen LogP contribution in [-0.2, 0) is 0 Å². The normalized spacial score (nSPS) is 24.0. The number of hydrogen-bond acceptors (Lipinski definition) is 3. The molecule has 1 heterocycles. The van der Waals surface area contributed by atoms with Gasteiger partial charge in [0, 0.05) is 25.2 Å². The van der Waals surface area contributed by atoms with E-state index in [0.29, 0.717) is 6.04 Å². The summed E-state index contributed by atoms with van der Waals surface area (Å²) in [6.07, 6.45) is 5.25. The third kappa shape index (κ3) is 5.80. The highest BCUT2D eigenvalue weighted by Crippen LogP contribution is 2.20. The van der Waals surface area contributed by atoms with Gasteiger partial charge in [-0.25, -0.2) is 0 Å². The van der Waals surface area contributed by atoms with E-state index in [4.69, 9.17) is 0 Å². The molecule has 0 spiro atoms. The van der Waals surface area contributed by atoms with E-state index >= 15 is 0 Å². The second kappa shape index (κ2) is 8.93. The van der Waals surface area contributed by atoms with Gasteiger partial charge in [0.15, 0.2) is 0 Å². The fourth-order valence-electron chi connectivity index (χ4n) is 3.08. The maximum atomic E-state index is 3.77. The van der Waals surface area contributed by atoms with Gasteiger partial charge in [0.05, 0.1) is 0 Å². The molecule has 3 unspecified atom stereocenters. The Morgan fingerprint density at radius 1 is 1.32 bits per heavy atom. The van der Waals surface area contributed by atoms with Crippen molar-refractivity contribution in [3.8, 4) is 0 Å². The Morgan fingerprint density at radius 2 is 2.05 bits per heavy atom. The first kappa shape index (κ1) is 16.9. The van der Waals surface area contributed by atoms with Crippen molar-refractivity contribution in [3.63, 3.8) is 0 Å². The molecule has 1 rings (SSSR count). The Labute approximate surface area is 120 Å². The van der Waals surface area contributed by atoms with Gasteiger partial charge in [-0.2, -0.15) is 0 Å². The van der Waals surface area contributed by atoms with Crippen molar-refractivity contribution in [2.24, 2.45) is 5.92 Å². The molecule has 3 nitrogen and oxygen atoms in total. The zero-order chi connectivity index (χ0) is 14.3. The predicted molar refractivity (Wildman–Crippen MR) is 84.7 cm³/mol. The molecule has 0 aromatic rings. The highest BCUT2D eigenvalue weighted by atomic mass is 15.2.